The van der Waals surface area contributed by atoms with Crippen LogP contribution in [-0.4, -0.2) is 6.54 Å². The van der Waals surface area contributed by atoms with Crippen molar-refractivity contribution in [2.75, 3.05) is 6.54 Å². The Morgan fingerprint density at radius 1 is 1.16 bits per heavy atom. The van der Waals surface area contributed by atoms with Crippen LogP contribution >= 0.6 is 0 Å². The maximum Gasteiger partial charge on any atom is 0.416 e. The third kappa shape index (κ3) is 1.97. The molecule has 2 N–H and O–H groups in total. The Morgan fingerprint density at radius 2 is 1.79 bits per heavy atom. The highest BCUT2D eigenvalue weighted by molar-refractivity contribution is 5.38. The predicted octanol–water partition coefficient (Wildman–Crippen LogP) is 3.72. The average Bonchev–Trinajstić information content (AvgIpc) is 3.01. The van der Waals surface area contributed by atoms with Gasteiger partial charge in [0.1, 0.15) is 0 Å². The zero-order valence-corrected chi connectivity index (χ0v) is 10.7. The van der Waals surface area contributed by atoms with E-state index in [1.54, 1.807) is 12.1 Å². The van der Waals surface area contributed by atoms with Gasteiger partial charge in [0, 0.05) is 5.41 Å². The first-order chi connectivity index (χ1) is 8.98. The summed E-state index contributed by atoms with van der Waals surface area (Å²) in [4.78, 5) is 0. The molecule has 0 saturated heterocycles. The first-order valence-corrected chi connectivity index (χ1v) is 6.86. The van der Waals surface area contributed by atoms with Crippen LogP contribution in [0.25, 0.3) is 0 Å². The van der Waals surface area contributed by atoms with E-state index in [0.717, 1.165) is 12.0 Å². The van der Waals surface area contributed by atoms with E-state index in [-0.39, 0.29) is 5.41 Å². The normalized spacial score (nSPS) is 31.1. The molecule has 4 heteroatoms. The van der Waals surface area contributed by atoms with Gasteiger partial charge in [0.05, 0.1) is 5.56 Å². The number of rotatable bonds is 3. The van der Waals surface area contributed by atoms with Gasteiger partial charge in [-0.25, -0.2) is 0 Å². The largest absolute Gasteiger partial charge is 0.416 e. The topological polar surface area (TPSA) is 26.0 Å². The first kappa shape index (κ1) is 13.0. The molecule has 0 aliphatic heterocycles. The smallest absolute Gasteiger partial charge is 0.330 e. The Bertz CT molecular complexity index is 461. The van der Waals surface area contributed by atoms with Crippen molar-refractivity contribution in [3.8, 4) is 0 Å². The Morgan fingerprint density at radius 3 is 2.16 bits per heavy atom. The standard InChI is InChI=1S/C15H18F3N/c16-15(17,18)12-6-4-11(5-7-12)14(8-13(14)9-19)10-2-1-3-10/h4-7,10,13H,1-3,8-9,19H2/t13-,14?/m0/s1. The van der Waals surface area contributed by atoms with Crippen molar-refractivity contribution < 1.29 is 13.2 Å². The second kappa shape index (κ2) is 4.23. The lowest BCUT2D eigenvalue weighted by Crippen LogP contribution is -2.30. The number of nitrogens with two attached hydrogens (primary N) is 1. The zero-order chi connectivity index (χ0) is 13.7. The molecule has 0 heterocycles. The van der Waals surface area contributed by atoms with Crippen molar-refractivity contribution in [1.82, 2.24) is 0 Å². The number of hydrogen-bond acceptors (Lipinski definition) is 1. The molecular weight excluding hydrogens is 251 g/mol. The highest BCUT2D eigenvalue weighted by Crippen LogP contribution is 2.63. The minimum Gasteiger partial charge on any atom is -0.330 e. The Hall–Kier alpha value is -1.03. The summed E-state index contributed by atoms with van der Waals surface area (Å²) < 4.78 is 37.8. The number of alkyl halides is 3. The zero-order valence-electron chi connectivity index (χ0n) is 10.7. The minimum atomic E-state index is -4.25. The fraction of sp³-hybridized carbons (Fsp3) is 0.600. The van der Waals surface area contributed by atoms with E-state index in [2.05, 4.69) is 0 Å². The SMILES string of the molecule is NC[C@@H]1CC1(c1ccc(C(F)(F)F)cc1)C1CCC1. The van der Waals surface area contributed by atoms with Crippen LogP contribution in [0, 0.1) is 11.8 Å². The monoisotopic (exact) mass is 269 g/mol. The number of hydrogen-bond donors (Lipinski definition) is 1. The highest BCUT2D eigenvalue weighted by Gasteiger charge is 2.59. The van der Waals surface area contributed by atoms with Crippen LogP contribution in [0.15, 0.2) is 24.3 Å². The van der Waals surface area contributed by atoms with E-state index in [0.29, 0.717) is 18.4 Å². The van der Waals surface area contributed by atoms with Crippen LogP contribution in [0.4, 0.5) is 13.2 Å². The molecule has 104 valence electrons. The van der Waals surface area contributed by atoms with Gasteiger partial charge >= 0.3 is 6.18 Å². The molecule has 1 nitrogen and oxygen atoms in total. The lowest BCUT2D eigenvalue weighted by molar-refractivity contribution is -0.137. The summed E-state index contributed by atoms with van der Waals surface area (Å²) in [5.74, 6) is 1.08. The third-order valence-electron chi connectivity index (χ3n) is 5.02. The van der Waals surface area contributed by atoms with Crippen molar-refractivity contribution in [2.24, 2.45) is 17.6 Å². The van der Waals surface area contributed by atoms with E-state index >= 15 is 0 Å². The highest BCUT2D eigenvalue weighted by atomic mass is 19.4. The maximum atomic E-state index is 12.6. The maximum absolute atomic E-state index is 12.6. The third-order valence-corrected chi connectivity index (χ3v) is 5.02. The van der Waals surface area contributed by atoms with Crippen molar-refractivity contribution in [2.45, 2.75) is 37.3 Å². The molecule has 1 aromatic rings. The van der Waals surface area contributed by atoms with Crippen molar-refractivity contribution in [1.29, 1.82) is 0 Å². The lowest BCUT2D eigenvalue weighted by atomic mass is 9.69. The van der Waals surface area contributed by atoms with Crippen molar-refractivity contribution in [3.63, 3.8) is 0 Å². The van der Waals surface area contributed by atoms with E-state index in [9.17, 15) is 13.2 Å². The lowest BCUT2D eigenvalue weighted by Gasteiger charge is -2.36. The molecule has 1 unspecified atom stereocenters. The molecule has 0 radical (unpaired) electrons. The van der Waals surface area contributed by atoms with Crippen LogP contribution in [0.1, 0.15) is 36.8 Å². The summed E-state index contributed by atoms with van der Waals surface area (Å²) in [6, 6.07) is 5.75. The predicted molar refractivity (Wildman–Crippen MR) is 67.6 cm³/mol. The van der Waals surface area contributed by atoms with Gasteiger partial charge in [-0.15, -0.1) is 0 Å². The summed E-state index contributed by atoms with van der Waals surface area (Å²) in [5.41, 5.74) is 6.35. The molecule has 0 bridgehead atoms. The molecule has 2 fully saturated rings. The molecule has 0 amide bonds. The van der Waals surface area contributed by atoms with Gasteiger partial charge in [-0.3, -0.25) is 0 Å². The second-order valence-corrected chi connectivity index (χ2v) is 5.88. The van der Waals surface area contributed by atoms with Gasteiger partial charge in [0.25, 0.3) is 0 Å². The molecule has 2 aliphatic carbocycles. The van der Waals surface area contributed by atoms with Crippen LogP contribution in [0.2, 0.25) is 0 Å². The molecule has 2 aliphatic rings. The first-order valence-electron chi connectivity index (χ1n) is 6.86. The molecule has 2 atom stereocenters. The van der Waals surface area contributed by atoms with Gasteiger partial charge in [-0.2, -0.15) is 13.2 Å². The van der Waals surface area contributed by atoms with Gasteiger partial charge in [-0.1, -0.05) is 18.6 Å². The fourth-order valence-electron chi connectivity index (χ4n) is 3.62. The molecular formula is C15H18F3N. The second-order valence-electron chi connectivity index (χ2n) is 5.88. The van der Waals surface area contributed by atoms with Gasteiger partial charge in [0.15, 0.2) is 0 Å². The molecule has 0 spiro atoms. The van der Waals surface area contributed by atoms with Crippen LogP contribution in [-0.2, 0) is 11.6 Å². The van der Waals surface area contributed by atoms with Gasteiger partial charge in [-0.05, 0) is 55.3 Å². The van der Waals surface area contributed by atoms with E-state index in [4.69, 9.17) is 5.73 Å². The van der Waals surface area contributed by atoms with E-state index in [1.165, 1.54) is 31.4 Å². The molecule has 19 heavy (non-hydrogen) atoms. The van der Waals surface area contributed by atoms with E-state index in [1.807, 2.05) is 0 Å². The van der Waals surface area contributed by atoms with Crippen LogP contribution < -0.4 is 5.73 Å². The number of halogens is 3. The summed E-state index contributed by atoms with van der Waals surface area (Å²) >= 11 is 0. The van der Waals surface area contributed by atoms with Gasteiger partial charge in [0.2, 0.25) is 0 Å². The quantitative estimate of drug-likeness (QED) is 0.889. The Balaban J connectivity index is 1.88. The van der Waals surface area contributed by atoms with Crippen LogP contribution in [0.3, 0.4) is 0 Å². The van der Waals surface area contributed by atoms with Gasteiger partial charge < -0.3 is 5.73 Å². The Labute approximate surface area is 111 Å². The summed E-state index contributed by atoms with van der Waals surface area (Å²) in [6.45, 7) is 0.636. The van der Waals surface area contributed by atoms with E-state index < -0.39 is 11.7 Å². The summed E-state index contributed by atoms with van der Waals surface area (Å²) in [5, 5.41) is 0. The Kier molecular flexibility index (Phi) is 2.89. The van der Waals surface area contributed by atoms with Crippen molar-refractivity contribution in [3.05, 3.63) is 35.4 Å². The average molecular weight is 269 g/mol. The van der Waals surface area contributed by atoms with Crippen molar-refractivity contribution >= 4 is 0 Å². The molecule has 1 aromatic carbocycles. The fourth-order valence-corrected chi connectivity index (χ4v) is 3.62. The minimum absolute atomic E-state index is 0.0805. The number of benzene rings is 1. The summed E-state index contributed by atoms with van der Waals surface area (Å²) in [7, 11) is 0. The molecule has 0 aromatic heterocycles. The van der Waals surface area contributed by atoms with Crippen LogP contribution in [0.5, 0.6) is 0 Å². The molecule has 3 rings (SSSR count). The molecule has 2 saturated carbocycles. The summed E-state index contributed by atoms with van der Waals surface area (Å²) in [6.07, 6.45) is 0.415.